The van der Waals surface area contributed by atoms with Crippen molar-refractivity contribution in [2.45, 2.75) is 30.9 Å². The third-order valence-electron chi connectivity index (χ3n) is 5.05. The molecule has 3 aliphatic heterocycles. The van der Waals surface area contributed by atoms with Crippen LogP contribution in [0.5, 0.6) is 0 Å². The molecule has 6 amide bonds. The summed E-state index contributed by atoms with van der Waals surface area (Å²) in [6, 6.07) is -3.67. The van der Waals surface area contributed by atoms with Crippen LogP contribution in [0.3, 0.4) is 0 Å². The van der Waals surface area contributed by atoms with Crippen LogP contribution in [0.4, 0.5) is 4.79 Å². The van der Waals surface area contributed by atoms with Gasteiger partial charge in [0.25, 0.3) is 5.91 Å². The maximum atomic E-state index is 12.8. The van der Waals surface area contributed by atoms with Gasteiger partial charge in [-0.05, 0) is 24.3 Å². The van der Waals surface area contributed by atoms with E-state index < -0.39 is 63.6 Å². The van der Waals surface area contributed by atoms with Crippen molar-refractivity contribution in [3.63, 3.8) is 0 Å². The molecule has 0 aliphatic carbocycles. The molecule has 2 unspecified atom stereocenters. The molecule has 0 radical (unpaired) electrons. The molecule has 2 fully saturated rings. The Morgan fingerprint density at radius 2 is 1.83 bits per heavy atom. The zero-order valence-electron chi connectivity index (χ0n) is 18.9. The number of urea groups is 1. The van der Waals surface area contributed by atoms with E-state index in [0.29, 0.717) is 4.90 Å². The van der Waals surface area contributed by atoms with Gasteiger partial charge < -0.3 is 20.1 Å². The van der Waals surface area contributed by atoms with E-state index in [0.717, 1.165) is 11.8 Å². The molecule has 0 aromatic carbocycles. The van der Waals surface area contributed by atoms with Crippen molar-refractivity contribution in [1.82, 2.24) is 24.7 Å². The zero-order valence-corrected chi connectivity index (χ0v) is 22.5. The molecule has 20 heteroatoms. The van der Waals surface area contributed by atoms with E-state index in [4.69, 9.17) is 0 Å². The molecule has 17 nitrogen and oxygen atoms in total. The molecule has 186 valence electrons. The van der Waals surface area contributed by atoms with Gasteiger partial charge >= 0.3 is 47.4 Å². The number of rotatable bonds is 8. The van der Waals surface area contributed by atoms with Crippen molar-refractivity contribution in [2.75, 3.05) is 31.9 Å². The average molecular weight is 542 g/mol. The first-order chi connectivity index (χ1) is 15.9. The minimum atomic E-state index is -5.00. The first kappa shape index (κ1) is 29.0. The predicted molar refractivity (Wildman–Crippen MR) is 110 cm³/mol. The van der Waals surface area contributed by atoms with Gasteiger partial charge in [-0.25, -0.2) is 17.5 Å². The van der Waals surface area contributed by atoms with Crippen LogP contribution in [-0.4, -0.2) is 106 Å². The Hall–Kier alpha value is -2.19. The van der Waals surface area contributed by atoms with Gasteiger partial charge in [0.1, 0.15) is 12.1 Å². The number of likely N-dealkylation sites (N-methyl/N-ethyl adjacent to an activating group) is 1. The van der Waals surface area contributed by atoms with E-state index in [1.165, 1.54) is 11.8 Å². The molecule has 0 spiro atoms. The van der Waals surface area contributed by atoms with E-state index in [2.05, 4.69) is 31.3 Å². The van der Waals surface area contributed by atoms with Crippen LogP contribution in [0.25, 0.3) is 0 Å². The van der Waals surface area contributed by atoms with Crippen LogP contribution in [0, 0.1) is 0 Å². The molecule has 35 heavy (non-hydrogen) atoms. The molecule has 0 bridgehead atoms. The Kier molecular flexibility index (Phi) is 9.33. The van der Waals surface area contributed by atoms with E-state index in [1.807, 2.05) is 0 Å². The molecule has 2 N–H and O–H groups in total. The summed E-state index contributed by atoms with van der Waals surface area (Å²) in [5.74, 6) is -4.12. The number of hydrogen-bond acceptors (Lipinski definition) is 13. The maximum Gasteiger partial charge on any atom is 1.00 e. The largest absolute Gasteiger partial charge is 1.00 e. The number of carbonyl (C=O) groups is 5. The second-order valence-corrected chi connectivity index (χ2v) is 10.0. The van der Waals surface area contributed by atoms with Crippen LogP contribution in [0.2, 0.25) is 0 Å². The number of hydrogen-bond donors (Lipinski definition) is 2. The summed E-state index contributed by atoms with van der Waals surface area (Å²) < 4.78 is 33.0. The fourth-order valence-corrected chi connectivity index (χ4v) is 4.67. The van der Waals surface area contributed by atoms with Gasteiger partial charge in [-0.1, -0.05) is 0 Å². The Morgan fingerprint density at radius 3 is 2.37 bits per heavy atom. The summed E-state index contributed by atoms with van der Waals surface area (Å²) >= 11 is 0.959. The smallest absolute Gasteiger partial charge is 0.731 e. The fraction of sp³-hybridized carbons (Fsp3) is 0.667. The van der Waals surface area contributed by atoms with Crippen molar-refractivity contribution < 1.29 is 66.5 Å². The van der Waals surface area contributed by atoms with Crippen LogP contribution < -0.4 is 40.2 Å². The number of amides is 6. The number of piperazine rings is 1. The molecular formula is C15H20N9NaO8S2. The molecule has 2 atom stereocenters. The molecule has 0 saturated carbocycles. The average Bonchev–Trinajstić information content (AvgIpc) is 3.20. The zero-order chi connectivity index (χ0) is 25.3. The van der Waals surface area contributed by atoms with Crippen molar-refractivity contribution in [3.05, 3.63) is 0 Å². The summed E-state index contributed by atoms with van der Waals surface area (Å²) in [6.45, 7) is 2.97. The topological polar surface area (TPSA) is 226 Å². The van der Waals surface area contributed by atoms with Crippen molar-refractivity contribution >= 4 is 51.7 Å². The van der Waals surface area contributed by atoms with Crippen LogP contribution in [-0.2, 0) is 29.5 Å². The molecule has 0 aromatic heterocycles. The second kappa shape index (κ2) is 11.2. The van der Waals surface area contributed by atoms with Gasteiger partial charge in [-0.15, -0.1) is 22.0 Å². The Bertz CT molecular complexity index is 1070. The van der Waals surface area contributed by atoms with E-state index in [9.17, 15) is 36.9 Å². The summed E-state index contributed by atoms with van der Waals surface area (Å²) in [7, 11) is -5.00. The van der Waals surface area contributed by atoms with Gasteiger partial charge in [0, 0.05) is 25.4 Å². The Balaban J connectivity index is 0.00000432. The number of thioether (sulfide) groups is 1. The van der Waals surface area contributed by atoms with E-state index >= 15 is 0 Å². The van der Waals surface area contributed by atoms with Gasteiger partial charge in [0.15, 0.2) is 10.3 Å². The molecule has 2 saturated heterocycles. The van der Waals surface area contributed by atoms with Gasteiger partial charge in [0.05, 0.1) is 6.54 Å². The summed E-state index contributed by atoms with van der Waals surface area (Å²) in [5.41, 5.74) is 0. The monoisotopic (exact) mass is 541 g/mol. The van der Waals surface area contributed by atoms with Crippen molar-refractivity contribution in [1.29, 1.82) is 0 Å². The molecule has 3 aliphatic rings. The normalized spacial score (nSPS) is 22.0. The molecule has 3 rings (SSSR count). The summed E-state index contributed by atoms with van der Waals surface area (Å²) in [4.78, 5) is 62.5. The van der Waals surface area contributed by atoms with Crippen molar-refractivity contribution in [3.8, 4) is 0 Å². The predicted octanol–water partition coefficient (Wildman–Crippen LogP) is -5.21. The maximum absolute atomic E-state index is 12.8. The van der Waals surface area contributed by atoms with Crippen LogP contribution in [0.15, 0.2) is 20.7 Å². The van der Waals surface area contributed by atoms with Gasteiger partial charge in [-0.2, -0.15) is 0 Å². The standard InChI is InChI=1S/C15H21N9O8S2.Na/c1-3-22-4-5-23(13(28)12(22)27)14(29)17-9(7-33-15(2)18-20-21-19-15)10(25)16-8-6-24(11(8)26)34(30,31)32;/h8-9H,3-7H2,1-2H3,(H,16,25)(H,17,29)(H,30,31,32);/q;+1/p-1. The first-order valence-electron chi connectivity index (χ1n) is 9.83. The SMILES string of the molecule is CCN1CCN(C(=O)NC(CSC2(C)N=NN=N2)C(=O)NC2CN(S(=O)(=O)[O-])C2=O)C(=O)C1=O.[Na+]. The number of nitrogens with one attached hydrogen (secondary N) is 2. The first-order valence-corrected chi connectivity index (χ1v) is 12.2. The summed E-state index contributed by atoms with van der Waals surface area (Å²) in [5, 5.41) is 18.9. The van der Waals surface area contributed by atoms with Crippen LogP contribution in [0.1, 0.15) is 13.8 Å². The molecular weight excluding hydrogens is 521 g/mol. The number of imide groups is 1. The number of carbonyl (C=O) groups excluding carboxylic acids is 5. The number of nitrogens with zero attached hydrogens (tertiary/aromatic N) is 7. The van der Waals surface area contributed by atoms with E-state index in [-0.39, 0.29) is 59.2 Å². The second-order valence-electron chi connectivity index (χ2n) is 7.36. The van der Waals surface area contributed by atoms with Gasteiger partial charge in [-0.3, -0.25) is 24.1 Å². The minimum Gasteiger partial charge on any atom is -0.731 e. The molecule has 3 heterocycles. The Morgan fingerprint density at radius 1 is 1.20 bits per heavy atom. The quantitative estimate of drug-likeness (QED) is 0.129. The van der Waals surface area contributed by atoms with Gasteiger partial charge in [0.2, 0.25) is 10.9 Å². The third kappa shape index (κ3) is 6.53. The minimum absolute atomic E-state index is 0. The Labute approximate surface area is 225 Å². The van der Waals surface area contributed by atoms with Crippen LogP contribution >= 0.6 is 11.8 Å². The van der Waals surface area contributed by atoms with E-state index in [1.54, 1.807) is 6.92 Å². The van der Waals surface area contributed by atoms with Crippen molar-refractivity contribution in [2.24, 2.45) is 20.7 Å². The number of β-lactam (4-membered cyclic amide) rings is 1. The fourth-order valence-electron chi connectivity index (χ4n) is 3.08. The third-order valence-corrected chi connectivity index (χ3v) is 7.13. The molecule has 0 aromatic rings. The summed E-state index contributed by atoms with van der Waals surface area (Å²) in [6.07, 6.45) is 0.